The lowest BCUT2D eigenvalue weighted by molar-refractivity contribution is -0.120. The van der Waals surface area contributed by atoms with E-state index in [9.17, 15) is 9.59 Å². The van der Waals surface area contributed by atoms with Crippen molar-refractivity contribution < 1.29 is 19.1 Å². The molecule has 226 valence electrons. The minimum atomic E-state index is -0.489. The summed E-state index contributed by atoms with van der Waals surface area (Å²) in [5.41, 5.74) is 3.03. The molecule has 0 saturated carbocycles. The molecule has 0 aromatic heterocycles. The average molecular weight is 588 g/mol. The Morgan fingerprint density at radius 2 is 1.71 bits per heavy atom. The number of hydrogen-bond acceptors (Lipinski definition) is 6. The highest BCUT2D eigenvalue weighted by Gasteiger charge is 2.26. The maximum atomic E-state index is 13.0. The number of rotatable bonds is 12. The molecule has 0 bridgehead atoms. The summed E-state index contributed by atoms with van der Waals surface area (Å²) in [5, 5.41) is 13.4. The number of nitrogens with zero attached hydrogens (tertiary/aromatic N) is 2. The molecule has 0 radical (unpaired) electrons. The minimum Gasteiger partial charge on any atom is -0.493 e. The van der Waals surface area contributed by atoms with Crippen LogP contribution in [0.5, 0.6) is 5.75 Å². The lowest BCUT2D eigenvalue weighted by atomic mass is 9.80. The molecule has 0 spiro atoms. The van der Waals surface area contributed by atoms with Crippen molar-refractivity contribution in [3.05, 3.63) is 53.6 Å². The normalized spacial score (nSPS) is 13.7. The second-order valence-electron chi connectivity index (χ2n) is 11.0. The van der Waals surface area contributed by atoms with Crippen molar-refractivity contribution in [2.24, 2.45) is 0 Å². The molecule has 2 amide bonds. The van der Waals surface area contributed by atoms with Gasteiger partial charge in [0, 0.05) is 70.4 Å². The lowest BCUT2D eigenvalue weighted by Crippen LogP contribution is -2.47. The number of carbonyl (C=O) groups is 2. The van der Waals surface area contributed by atoms with Gasteiger partial charge in [0.1, 0.15) is 5.75 Å². The van der Waals surface area contributed by atoms with Crippen molar-refractivity contribution in [1.29, 1.82) is 5.41 Å². The topological polar surface area (TPSA) is 107 Å². The summed E-state index contributed by atoms with van der Waals surface area (Å²) < 4.78 is 11.4. The van der Waals surface area contributed by atoms with Crippen LogP contribution in [-0.2, 0) is 14.9 Å². The monoisotopic (exact) mass is 587 g/mol. The van der Waals surface area contributed by atoms with Gasteiger partial charge in [-0.2, -0.15) is 0 Å². The molecule has 2 aromatic carbocycles. The van der Waals surface area contributed by atoms with Crippen molar-refractivity contribution in [1.82, 2.24) is 20.4 Å². The van der Waals surface area contributed by atoms with E-state index in [2.05, 4.69) is 22.6 Å². The van der Waals surface area contributed by atoms with Gasteiger partial charge in [0.2, 0.25) is 5.91 Å². The van der Waals surface area contributed by atoms with Crippen LogP contribution < -0.4 is 15.4 Å². The highest BCUT2D eigenvalue weighted by molar-refractivity contribution is 5.96. The molecule has 41 heavy (non-hydrogen) atoms. The van der Waals surface area contributed by atoms with Gasteiger partial charge in [0.25, 0.3) is 5.91 Å². The molecule has 2 aromatic rings. The van der Waals surface area contributed by atoms with Gasteiger partial charge in [-0.3, -0.25) is 20.3 Å². The van der Waals surface area contributed by atoms with Crippen LogP contribution in [0.4, 0.5) is 0 Å². The molecular weight excluding hydrogens is 542 g/mol. The highest BCUT2D eigenvalue weighted by Crippen LogP contribution is 2.36. The molecule has 10 heteroatoms. The number of ether oxygens (including phenoxy) is 2. The summed E-state index contributed by atoms with van der Waals surface area (Å²) >= 11 is 0. The fourth-order valence-electron chi connectivity index (χ4n) is 4.65. The van der Waals surface area contributed by atoms with E-state index in [1.54, 1.807) is 7.11 Å². The molecule has 1 saturated heterocycles. The zero-order chi connectivity index (χ0) is 29.1. The molecule has 9 nitrogen and oxygen atoms in total. The maximum absolute atomic E-state index is 13.0. The fraction of sp³-hybridized carbons (Fsp3) is 0.516. The average Bonchev–Trinajstić information content (AvgIpc) is 2.94. The Hall–Kier alpha value is -3.14. The van der Waals surface area contributed by atoms with Gasteiger partial charge in [-0.25, -0.2) is 0 Å². The number of halogens is 1. The first-order valence-electron chi connectivity index (χ1n) is 14.1. The van der Waals surface area contributed by atoms with Crippen molar-refractivity contribution in [2.45, 2.75) is 45.4 Å². The van der Waals surface area contributed by atoms with Crippen LogP contribution in [0.2, 0.25) is 0 Å². The predicted molar refractivity (Wildman–Crippen MR) is 166 cm³/mol. The van der Waals surface area contributed by atoms with Gasteiger partial charge in [-0.05, 0) is 48.2 Å². The van der Waals surface area contributed by atoms with Crippen LogP contribution in [0.25, 0.3) is 11.1 Å². The Kier molecular flexibility index (Phi) is 13.6. The van der Waals surface area contributed by atoms with Crippen LogP contribution in [-0.4, -0.2) is 87.7 Å². The van der Waals surface area contributed by atoms with Gasteiger partial charge in [0.05, 0.1) is 6.61 Å². The summed E-state index contributed by atoms with van der Waals surface area (Å²) in [6.07, 6.45) is 1.84. The van der Waals surface area contributed by atoms with Gasteiger partial charge >= 0.3 is 0 Å². The number of amides is 2. The second kappa shape index (κ2) is 16.3. The zero-order valence-electron chi connectivity index (χ0n) is 25.0. The van der Waals surface area contributed by atoms with E-state index in [1.807, 2.05) is 68.1 Å². The predicted octanol–water partition coefficient (Wildman–Crippen LogP) is 4.30. The molecule has 1 aliphatic heterocycles. The van der Waals surface area contributed by atoms with E-state index in [0.29, 0.717) is 25.3 Å². The summed E-state index contributed by atoms with van der Waals surface area (Å²) in [6.45, 7) is 11.0. The van der Waals surface area contributed by atoms with E-state index in [4.69, 9.17) is 14.9 Å². The number of nitrogens with one attached hydrogen (secondary N) is 3. The zero-order valence-corrected chi connectivity index (χ0v) is 25.9. The van der Waals surface area contributed by atoms with Crippen LogP contribution >= 0.6 is 12.4 Å². The third kappa shape index (κ3) is 10.0. The molecule has 1 heterocycles. The number of methoxy groups -OCH3 is 1. The minimum absolute atomic E-state index is 0. The number of benzene rings is 2. The van der Waals surface area contributed by atoms with Crippen molar-refractivity contribution in [3.8, 4) is 16.9 Å². The Balaban J connectivity index is 0.00000588. The number of hydrogen-bond donors (Lipinski definition) is 3. The number of guanidine groups is 1. The Bertz CT molecular complexity index is 1150. The first-order chi connectivity index (χ1) is 19.1. The third-order valence-electron chi connectivity index (χ3n) is 7.17. The van der Waals surface area contributed by atoms with Crippen LogP contribution in [0.1, 0.15) is 56.0 Å². The van der Waals surface area contributed by atoms with Crippen LogP contribution in [0, 0.1) is 5.41 Å². The van der Waals surface area contributed by atoms with Crippen molar-refractivity contribution in [3.63, 3.8) is 0 Å². The number of carbonyl (C=O) groups excluding carboxylic acids is 2. The van der Waals surface area contributed by atoms with Crippen molar-refractivity contribution >= 4 is 30.2 Å². The highest BCUT2D eigenvalue weighted by atomic mass is 35.5. The Morgan fingerprint density at radius 1 is 1.02 bits per heavy atom. The molecule has 0 unspecified atom stereocenters. The van der Waals surface area contributed by atoms with E-state index in [0.717, 1.165) is 61.5 Å². The summed E-state index contributed by atoms with van der Waals surface area (Å²) in [7, 11) is 3.74. The summed E-state index contributed by atoms with van der Waals surface area (Å²) in [5.74, 6) is 0.585. The molecule has 3 rings (SSSR count). The van der Waals surface area contributed by atoms with E-state index < -0.39 is 5.41 Å². The molecule has 0 aliphatic carbocycles. The third-order valence-corrected chi connectivity index (χ3v) is 7.17. The Labute approximate surface area is 250 Å². The largest absolute Gasteiger partial charge is 0.493 e. The van der Waals surface area contributed by atoms with Gasteiger partial charge in [-0.15, -0.1) is 12.4 Å². The SMILES string of the molecule is CCCNC(=N)NC(=O)CC(C)(C)c1ccc(-c2ccc(C(=O)N3CCN(C)CC3)cc2)c(OCCCOC)c1.Cl. The summed E-state index contributed by atoms with van der Waals surface area (Å²) in [6, 6.07) is 13.7. The molecule has 3 N–H and O–H groups in total. The van der Waals surface area contributed by atoms with E-state index >= 15 is 0 Å². The van der Waals surface area contributed by atoms with Crippen molar-refractivity contribution in [2.75, 3.05) is 60.1 Å². The smallest absolute Gasteiger partial charge is 0.253 e. The first kappa shape index (κ1) is 34.1. The number of likely N-dealkylation sites (N-methyl/N-ethyl adjacent to an activating group) is 1. The van der Waals surface area contributed by atoms with Gasteiger partial charge in [0.15, 0.2) is 5.96 Å². The molecule has 1 fully saturated rings. The first-order valence-corrected chi connectivity index (χ1v) is 14.1. The van der Waals surface area contributed by atoms with Gasteiger partial charge < -0.3 is 24.6 Å². The van der Waals surface area contributed by atoms with Crippen LogP contribution in [0.15, 0.2) is 42.5 Å². The van der Waals surface area contributed by atoms with E-state index in [-0.39, 0.29) is 36.6 Å². The molecule has 0 atom stereocenters. The van der Waals surface area contributed by atoms with Crippen LogP contribution in [0.3, 0.4) is 0 Å². The quantitative estimate of drug-likeness (QED) is 0.194. The Morgan fingerprint density at radius 3 is 2.34 bits per heavy atom. The van der Waals surface area contributed by atoms with Gasteiger partial charge in [-0.1, -0.05) is 45.0 Å². The van der Waals surface area contributed by atoms with E-state index in [1.165, 1.54) is 0 Å². The fourth-order valence-corrected chi connectivity index (χ4v) is 4.65. The standard InChI is InChI=1S/C31H45N5O4.ClH/c1-6-14-33-30(32)34-28(37)22-31(2,3)25-12-13-26(27(21-25)40-20-7-19-39-5)23-8-10-24(11-9-23)29(38)36-17-15-35(4)16-18-36;/h8-13,21H,6-7,14-20,22H2,1-5H3,(H3,32,33,34,37);1H. The maximum Gasteiger partial charge on any atom is 0.253 e. The second-order valence-corrected chi connectivity index (χ2v) is 11.0. The summed E-state index contributed by atoms with van der Waals surface area (Å²) in [4.78, 5) is 29.8. The molecular formula is C31H46ClN5O4. The lowest BCUT2D eigenvalue weighted by Gasteiger charge is -2.32. The number of piperazine rings is 1. The molecule has 1 aliphatic rings.